The number of aliphatic hydroxyl groups excluding tert-OH is 1. The Kier molecular flexibility index (Phi) is 5.46. The van der Waals surface area contributed by atoms with Crippen LogP contribution in [0.15, 0.2) is 53.4 Å². The van der Waals surface area contributed by atoms with Gasteiger partial charge in [-0.15, -0.1) is 11.8 Å². The van der Waals surface area contributed by atoms with Crippen LogP contribution in [0.5, 0.6) is 0 Å². The SMILES string of the molecule is COC(=O)[C@H](O)[C@@H](Sc1ccccc1N)c1ccc(C)cc1. The first-order chi connectivity index (χ1) is 10.5. The highest BCUT2D eigenvalue weighted by atomic mass is 32.2. The molecule has 0 unspecified atom stereocenters. The van der Waals surface area contributed by atoms with Crippen LogP contribution in [0.3, 0.4) is 0 Å². The Morgan fingerprint density at radius 2 is 1.82 bits per heavy atom. The van der Waals surface area contributed by atoms with Crippen molar-refractivity contribution in [1.82, 2.24) is 0 Å². The van der Waals surface area contributed by atoms with Gasteiger partial charge in [-0.3, -0.25) is 0 Å². The molecule has 0 saturated carbocycles. The van der Waals surface area contributed by atoms with E-state index in [4.69, 9.17) is 5.73 Å². The second-order valence-electron chi connectivity index (χ2n) is 4.95. The van der Waals surface area contributed by atoms with Crippen molar-refractivity contribution in [1.29, 1.82) is 0 Å². The number of aryl methyl sites for hydroxylation is 1. The van der Waals surface area contributed by atoms with Gasteiger partial charge in [-0.1, -0.05) is 42.0 Å². The summed E-state index contributed by atoms with van der Waals surface area (Å²) in [5.74, 6) is -0.660. The summed E-state index contributed by atoms with van der Waals surface area (Å²) >= 11 is 1.35. The lowest BCUT2D eigenvalue weighted by molar-refractivity contribution is -0.150. The van der Waals surface area contributed by atoms with Crippen LogP contribution in [-0.4, -0.2) is 24.3 Å². The zero-order valence-electron chi connectivity index (χ0n) is 12.5. The predicted molar refractivity (Wildman–Crippen MR) is 88.7 cm³/mol. The lowest BCUT2D eigenvalue weighted by atomic mass is 10.1. The number of carbonyl (C=O) groups excluding carboxylic acids is 1. The minimum absolute atomic E-state index is 0.488. The highest BCUT2D eigenvalue weighted by Crippen LogP contribution is 2.40. The molecule has 0 spiro atoms. The van der Waals surface area contributed by atoms with Crippen molar-refractivity contribution in [2.45, 2.75) is 23.2 Å². The molecule has 0 radical (unpaired) electrons. The Morgan fingerprint density at radius 1 is 1.18 bits per heavy atom. The minimum Gasteiger partial charge on any atom is -0.467 e. The molecule has 2 aromatic carbocycles. The van der Waals surface area contributed by atoms with E-state index in [0.717, 1.165) is 16.0 Å². The molecule has 2 rings (SSSR count). The number of nitrogens with two attached hydrogens (primary N) is 1. The fourth-order valence-electron chi connectivity index (χ4n) is 2.04. The second kappa shape index (κ2) is 7.33. The molecule has 0 saturated heterocycles. The number of carbonyl (C=O) groups is 1. The van der Waals surface area contributed by atoms with Gasteiger partial charge in [0.15, 0.2) is 6.10 Å². The normalized spacial score (nSPS) is 13.4. The molecule has 4 nitrogen and oxygen atoms in total. The molecule has 2 atom stereocenters. The van der Waals surface area contributed by atoms with E-state index >= 15 is 0 Å². The van der Waals surface area contributed by atoms with Crippen LogP contribution in [0, 0.1) is 6.92 Å². The Hall–Kier alpha value is -1.98. The highest BCUT2D eigenvalue weighted by molar-refractivity contribution is 7.99. The molecule has 22 heavy (non-hydrogen) atoms. The van der Waals surface area contributed by atoms with Gasteiger partial charge in [-0.05, 0) is 24.6 Å². The maximum Gasteiger partial charge on any atom is 0.336 e. The molecule has 0 bridgehead atoms. The lowest BCUT2D eigenvalue weighted by Gasteiger charge is -2.22. The third-order valence-electron chi connectivity index (χ3n) is 3.31. The number of benzene rings is 2. The average molecular weight is 317 g/mol. The van der Waals surface area contributed by atoms with E-state index in [9.17, 15) is 9.90 Å². The van der Waals surface area contributed by atoms with E-state index < -0.39 is 17.3 Å². The van der Waals surface area contributed by atoms with E-state index in [1.807, 2.05) is 49.4 Å². The fraction of sp³-hybridized carbons (Fsp3) is 0.235. The molecule has 0 heterocycles. The van der Waals surface area contributed by atoms with Crippen molar-refractivity contribution < 1.29 is 14.6 Å². The van der Waals surface area contributed by atoms with E-state index in [2.05, 4.69) is 4.74 Å². The van der Waals surface area contributed by atoms with E-state index in [1.165, 1.54) is 18.9 Å². The number of methoxy groups -OCH3 is 1. The van der Waals surface area contributed by atoms with Gasteiger partial charge in [0.1, 0.15) is 0 Å². The molecule has 3 N–H and O–H groups in total. The number of esters is 1. The highest BCUT2D eigenvalue weighted by Gasteiger charge is 2.29. The summed E-state index contributed by atoms with van der Waals surface area (Å²) in [5, 5.41) is 9.83. The van der Waals surface area contributed by atoms with Gasteiger partial charge >= 0.3 is 5.97 Å². The van der Waals surface area contributed by atoms with Gasteiger partial charge in [0.25, 0.3) is 0 Å². The number of rotatable bonds is 5. The summed E-state index contributed by atoms with van der Waals surface area (Å²) in [6.45, 7) is 1.98. The van der Waals surface area contributed by atoms with Gasteiger partial charge in [-0.25, -0.2) is 4.79 Å². The summed E-state index contributed by atoms with van der Waals surface area (Å²) in [6.07, 6.45) is -1.27. The van der Waals surface area contributed by atoms with Crippen molar-refractivity contribution >= 4 is 23.4 Å². The summed E-state index contributed by atoms with van der Waals surface area (Å²) in [7, 11) is 1.26. The number of nitrogen functional groups attached to an aromatic ring is 1. The van der Waals surface area contributed by atoms with Crippen LogP contribution < -0.4 is 5.73 Å². The summed E-state index contributed by atoms with van der Waals surface area (Å²) < 4.78 is 4.67. The third-order valence-corrected chi connectivity index (χ3v) is 4.72. The average Bonchev–Trinajstić information content (AvgIpc) is 2.54. The predicted octanol–water partition coefficient (Wildman–Crippen LogP) is 2.94. The number of para-hydroxylation sites is 1. The van der Waals surface area contributed by atoms with E-state index in [1.54, 1.807) is 6.07 Å². The second-order valence-corrected chi connectivity index (χ2v) is 6.14. The number of aliphatic hydroxyl groups is 1. The van der Waals surface area contributed by atoms with Crippen LogP contribution >= 0.6 is 11.8 Å². The van der Waals surface area contributed by atoms with Crippen molar-refractivity contribution in [2.24, 2.45) is 0 Å². The summed E-state index contributed by atoms with van der Waals surface area (Å²) in [5.41, 5.74) is 8.53. The quantitative estimate of drug-likeness (QED) is 0.504. The standard InChI is InChI=1S/C17H19NO3S/c1-11-7-9-12(10-8-11)16(15(19)17(20)21-2)22-14-6-4-3-5-13(14)18/h3-10,15-16,19H,18H2,1-2H3/t15-,16+/m1/s1. The molecule has 0 aromatic heterocycles. The van der Waals surface area contributed by atoms with E-state index in [0.29, 0.717) is 5.69 Å². The number of thioether (sulfide) groups is 1. The maximum absolute atomic E-state index is 11.8. The summed E-state index contributed by atoms with van der Waals surface area (Å²) in [4.78, 5) is 12.6. The molecule has 0 aliphatic carbocycles. The van der Waals surface area contributed by atoms with Crippen molar-refractivity contribution in [3.8, 4) is 0 Å². The molecule has 0 aliphatic heterocycles. The molecular formula is C17H19NO3S. The van der Waals surface area contributed by atoms with Crippen LogP contribution in [0.25, 0.3) is 0 Å². The lowest BCUT2D eigenvalue weighted by Crippen LogP contribution is -2.27. The van der Waals surface area contributed by atoms with Crippen LogP contribution in [0.2, 0.25) is 0 Å². The smallest absolute Gasteiger partial charge is 0.336 e. The first-order valence-corrected chi connectivity index (χ1v) is 7.74. The van der Waals surface area contributed by atoms with Crippen molar-refractivity contribution in [3.63, 3.8) is 0 Å². The molecule has 2 aromatic rings. The zero-order chi connectivity index (χ0) is 16.1. The van der Waals surface area contributed by atoms with Crippen molar-refractivity contribution in [2.75, 3.05) is 12.8 Å². The zero-order valence-corrected chi connectivity index (χ0v) is 13.3. The monoisotopic (exact) mass is 317 g/mol. The van der Waals surface area contributed by atoms with Gasteiger partial charge < -0.3 is 15.6 Å². The minimum atomic E-state index is -1.27. The maximum atomic E-state index is 11.8. The largest absolute Gasteiger partial charge is 0.467 e. The molecule has 5 heteroatoms. The van der Waals surface area contributed by atoms with Crippen molar-refractivity contribution in [3.05, 3.63) is 59.7 Å². The van der Waals surface area contributed by atoms with Crippen LogP contribution in [0.1, 0.15) is 16.4 Å². The van der Waals surface area contributed by atoms with Gasteiger partial charge in [0, 0.05) is 10.6 Å². The van der Waals surface area contributed by atoms with Gasteiger partial charge in [0.05, 0.1) is 12.4 Å². The molecule has 0 amide bonds. The first kappa shape index (κ1) is 16.4. The number of anilines is 1. The molecular weight excluding hydrogens is 298 g/mol. The molecule has 0 aliphatic rings. The summed E-state index contributed by atoms with van der Waals surface area (Å²) in [6, 6.07) is 15.1. The van der Waals surface area contributed by atoms with Gasteiger partial charge in [0.2, 0.25) is 0 Å². The Balaban J connectivity index is 2.35. The Morgan fingerprint density at radius 3 is 2.41 bits per heavy atom. The number of hydrogen-bond donors (Lipinski definition) is 2. The van der Waals surface area contributed by atoms with Gasteiger partial charge in [-0.2, -0.15) is 0 Å². The molecule has 0 fully saturated rings. The van der Waals surface area contributed by atoms with E-state index in [-0.39, 0.29) is 0 Å². The topological polar surface area (TPSA) is 72.5 Å². The van der Waals surface area contributed by atoms with Crippen LogP contribution in [0.4, 0.5) is 5.69 Å². The number of ether oxygens (including phenoxy) is 1. The molecule has 116 valence electrons. The number of hydrogen-bond acceptors (Lipinski definition) is 5. The Labute approximate surface area is 134 Å². The Bertz CT molecular complexity index is 643. The fourth-order valence-corrected chi connectivity index (χ4v) is 3.21. The first-order valence-electron chi connectivity index (χ1n) is 6.86. The third kappa shape index (κ3) is 3.81. The van der Waals surface area contributed by atoms with Crippen LogP contribution in [-0.2, 0) is 9.53 Å².